The minimum Gasteiger partial charge on any atom is -0.497 e. The Morgan fingerprint density at radius 2 is 1.83 bits per heavy atom. The molecular formula is C19H31NO4. The molecule has 1 aromatic rings. The molecule has 0 unspecified atom stereocenters. The second-order valence-corrected chi connectivity index (χ2v) is 5.89. The van der Waals surface area contributed by atoms with E-state index in [1.165, 1.54) is 0 Å². The zero-order chi connectivity index (χ0) is 17.9. The van der Waals surface area contributed by atoms with Crippen molar-refractivity contribution in [3.05, 3.63) is 36.4 Å². The molecule has 136 valence electrons. The van der Waals surface area contributed by atoms with Crippen LogP contribution in [0.1, 0.15) is 25.8 Å². The van der Waals surface area contributed by atoms with Crippen molar-refractivity contribution < 1.29 is 19.3 Å². The number of rotatable bonds is 12. The molecule has 0 aliphatic rings. The molecule has 0 heterocycles. The third kappa shape index (κ3) is 6.91. The first-order chi connectivity index (χ1) is 11.5. The van der Waals surface area contributed by atoms with Gasteiger partial charge in [0.1, 0.15) is 11.5 Å². The lowest BCUT2D eigenvalue weighted by Gasteiger charge is -2.30. The highest BCUT2D eigenvalue weighted by Gasteiger charge is 2.18. The number of hydrogen-bond acceptors (Lipinski definition) is 5. The lowest BCUT2D eigenvalue weighted by atomic mass is 10.1. The van der Waals surface area contributed by atoms with Gasteiger partial charge in [-0.2, -0.15) is 0 Å². The van der Waals surface area contributed by atoms with E-state index in [0.29, 0.717) is 32.3 Å². The zero-order valence-corrected chi connectivity index (χ0v) is 15.3. The van der Waals surface area contributed by atoms with Crippen LogP contribution in [0, 0.1) is 0 Å². The van der Waals surface area contributed by atoms with Gasteiger partial charge < -0.3 is 19.3 Å². The number of aliphatic hydroxyl groups is 1. The summed E-state index contributed by atoms with van der Waals surface area (Å²) in [7, 11) is 3.29. The summed E-state index contributed by atoms with van der Waals surface area (Å²) in [6.07, 6.45) is 2.15. The topological polar surface area (TPSA) is 51.2 Å². The molecule has 1 aromatic carbocycles. The van der Waals surface area contributed by atoms with Crippen LogP contribution < -0.4 is 9.47 Å². The van der Waals surface area contributed by atoms with E-state index in [1.54, 1.807) is 20.3 Å². The van der Waals surface area contributed by atoms with E-state index in [9.17, 15) is 5.11 Å². The van der Waals surface area contributed by atoms with Gasteiger partial charge in [-0.05, 0) is 31.0 Å². The number of nitrogens with zero attached hydrogens (tertiary/aromatic N) is 1. The van der Waals surface area contributed by atoms with E-state index < -0.39 is 6.10 Å². The van der Waals surface area contributed by atoms with Crippen molar-refractivity contribution in [2.75, 3.05) is 34.0 Å². The Morgan fingerprint density at radius 1 is 1.21 bits per heavy atom. The molecule has 0 fully saturated rings. The lowest BCUT2D eigenvalue weighted by Crippen LogP contribution is -2.40. The number of benzene rings is 1. The Morgan fingerprint density at radius 3 is 2.33 bits per heavy atom. The monoisotopic (exact) mass is 337 g/mol. The second-order valence-electron chi connectivity index (χ2n) is 5.89. The van der Waals surface area contributed by atoms with Gasteiger partial charge in [-0.3, -0.25) is 4.90 Å². The normalized spacial score (nSPS) is 13.6. The van der Waals surface area contributed by atoms with E-state index in [1.807, 2.05) is 18.2 Å². The number of methoxy groups -OCH3 is 2. The van der Waals surface area contributed by atoms with E-state index in [-0.39, 0.29) is 0 Å². The number of hydrogen-bond donors (Lipinski definition) is 1. The molecule has 0 aliphatic carbocycles. The standard InChI is InChI=1S/C19H31NO4/c1-6-8-24-14-17(21)13-20(15(3)7-2)12-16-9-18(22-4)11-19(10-16)23-5/h6,9-11,15,17,21H,1,7-8,12-14H2,2-5H3/t15-,17+/m1/s1. The first kappa shape index (κ1) is 20.5. The van der Waals surface area contributed by atoms with Gasteiger partial charge in [0.05, 0.1) is 33.5 Å². The minimum atomic E-state index is -0.536. The van der Waals surface area contributed by atoms with Gasteiger partial charge in [0.15, 0.2) is 0 Å². The van der Waals surface area contributed by atoms with Crippen molar-refractivity contribution in [3.8, 4) is 11.5 Å². The molecule has 1 N–H and O–H groups in total. The molecule has 1 rings (SSSR count). The fourth-order valence-corrected chi connectivity index (χ4v) is 2.46. The summed E-state index contributed by atoms with van der Waals surface area (Å²) in [6.45, 7) is 9.93. The Kier molecular flexibility index (Phi) is 9.45. The molecular weight excluding hydrogens is 306 g/mol. The van der Waals surface area contributed by atoms with Gasteiger partial charge in [-0.25, -0.2) is 0 Å². The number of ether oxygens (including phenoxy) is 3. The molecule has 0 radical (unpaired) electrons. The summed E-state index contributed by atoms with van der Waals surface area (Å²) in [5.41, 5.74) is 1.09. The van der Waals surface area contributed by atoms with Crippen molar-refractivity contribution >= 4 is 0 Å². The van der Waals surface area contributed by atoms with Crippen LogP contribution in [0.2, 0.25) is 0 Å². The SMILES string of the molecule is C=CCOC[C@@H](O)CN(Cc1cc(OC)cc(OC)c1)[C@H](C)CC. The molecule has 0 aromatic heterocycles. The van der Waals surface area contributed by atoms with Crippen LogP contribution >= 0.6 is 0 Å². The summed E-state index contributed by atoms with van der Waals surface area (Å²) >= 11 is 0. The van der Waals surface area contributed by atoms with E-state index in [2.05, 4.69) is 25.3 Å². The highest BCUT2D eigenvalue weighted by atomic mass is 16.5. The van der Waals surface area contributed by atoms with Crippen LogP contribution in [0.15, 0.2) is 30.9 Å². The van der Waals surface area contributed by atoms with Crippen LogP contribution in [0.3, 0.4) is 0 Å². The van der Waals surface area contributed by atoms with Crippen molar-refractivity contribution in [2.45, 2.75) is 39.0 Å². The Balaban J connectivity index is 2.80. The van der Waals surface area contributed by atoms with Crippen molar-refractivity contribution in [2.24, 2.45) is 0 Å². The lowest BCUT2D eigenvalue weighted by molar-refractivity contribution is 0.0157. The minimum absolute atomic E-state index is 0.306. The maximum absolute atomic E-state index is 10.2. The smallest absolute Gasteiger partial charge is 0.122 e. The average Bonchev–Trinajstić information content (AvgIpc) is 2.60. The largest absolute Gasteiger partial charge is 0.497 e. The van der Waals surface area contributed by atoms with E-state index >= 15 is 0 Å². The van der Waals surface area contributed by atoms with Crippen LogP contribution in [-0.2, 0) is 11.3 Å². The quantitative estimate of drug-likeness (QED) is 0.469. The maximum Gasteiger partial charge on any atom is 0.122 e. The number of aliphatic hydroxyl groups excluding tert-OH is 1. The first-order valence-electron chi connectivity index (χ1n) is 8.36. The second kappa shape index (κ2) is 11.1. The summed E-state index contributed by atoms with van der Waals surface area (Å²) in [5, 5.41) is 10.2. The molecule has 0 amide bonds. The third-order valence-electron chi connectivity index (χ3n) is 4.00. The van der Waals surface area contributed by atoms with Crippen LogP contribution in [0.5, 0.6) is 11.5 Å². The van der Waals surface area contributed by atoms with Crippen molar-refractivity contribution in [3.63, 3.8) is 0 Å². The molecule has 2 atom stereocenters. The zero-order valence-electron chi connectivity index (χ0n) is 15.3. The Bertz CT molecular complexity index is 470. The predicted octanol–water partition coefficient (Wildman–Crippen LogP) is 2.87. The fraction of sp³-hybridized carbons (Fsp3) is 0.579. The molecule has 5 nitrogen and oxygen atoms in total. The molecule has 0 spiro atoms. The predicted molar refractivity (Wildman–Crippen MR) is 96.7 cm³/mol. The van der Waals surface area contributed by atoms with Crippen LogP contribution in [0.4, 0.5) is 0 Å². The summed E-state index contributed by atoms with van der Waals surface area (Å²) in [5.74, 6) is 1.53. The summed E-state index contributed by atoms with van der Waals surface area (Å²) < 4.78 is 16.0. The fourth-order valence-electron chi connectivity index (χ4n) is 2.46. The van der Waals surface area contributed by atoms with Crippen LogP contribution in [0.25, 0.3) is 0 Å². The van der Waals surface area contributed by atoms with Crippen molar-refractivity contribution in [1.82, 2.24) is 4.90 Å². The van der Waals surface area contributed by atoms with Gasteiger partial charge in [-0.15, -0.1) is 6.58 Å². The van der Waals surface area contributed by atoms with Gasteiger partial charge >= 0.3 is 0 Å². The van der Waals surface area contributed by atoms with E-state index in [4.69, 9.17) is 14.2 Å². The van der Waals surface area contributed by atoms with E-state index in [0.717, 1.165) is 23.5 Å². The highest BCUT2D eigenvalue weighted by Crippen LogP contribution is 2.24. The third-order valence-corrected chi connectivity index (χ3v) is 4.00. The Hall–Kier alpha value is -1.56. The first-order valence-corrected chi connectivity index (χ1v) is 8.36. The van der Waals surface area contributed by atoms with Gasteiger partial charge in [0.25, 0.3) is 0 Å². The average molecular weight is 337 g/mol. The van der Waals surface area contributed by atoms with Gasteiger partial charge in [0.2, 0.25) is 0 Å². The van der Waals surface area contributed by atoms with Gasteiger partial charge in [0, 0.05) is 25.2 Å². The molecule has 0 saturated carbocycles. The molecule has 0 bridgehead atoms. The molecule has 0 aliphatic heterocycles. The van der Waals surface area contributed by atoms with Crippen molar-refractivity contribution in [1.29, 1.82) is 0 Å². The summed E-state index contributed by atoms with van der Waals surface area (Å²) in [6, 6.07) is 6.20. The molecule has 24 heavy (non-hydrogen) atoms. The Labute approximate surface area is 145 Å². The molecule has 0 saturated heterocycles. The van der Waals surface area contributed by atoms with Crippen LogP contribution in [-0.4, -0.2) is 56.1 Å². The highest BCUT2D eigenvalue weighted by molar-refractivity contribution is 5.38. The molecule has 5 heteroatoms. The van der Waals surface area contributed by atoms with Gasteiger partial charge in [-0.1, -0.05) is 13.0 Å². The summed E-state index contributed by atoms with van der Waals surface area (Å²) in [4.78, 5) is 2.25. The maximum atomic E-state index is 10.2.